The van der Waals surface area contributed by atoms with E-state index in [-0.39, 0.29) is 42.1 Å². The summed E-state index contributed by atoms with van der Waals surface area (Å²) in [6.07, 6.45) is 1.01. The summed E-state index contributed by atoms with van der Waals surface area (Å²) in [4.78, 5) is 12.1. The largest absolute Gasteiger partial charge is 0.328 e. The molecule has 1 aliphatic heterocycles. The van der Waals surface area contributed by atoms with Crippen LogP contribution in [0.5, 0.6) is 0 Å². The molecule has 0 aliphatic carbocycles. The molecule has 0 aromatic heterocycles. The summed E-state index contributed by atoms with van der Waals surface area (Å²) in [5.74, 6) is -4.21. The summed E-state index contributed by atoms with van der Waals surface area (Å²) in [5, 5.41) is 2.22. The van der Waals surface area contributed by atoms with Crippen LogP contribution in [0.1, 0.15) is 23.2 Å². The van der Waals surface area contributed by atoms with Gasteiger partial charge in [-0.3, -0.25) is 4.79 Å². The lowest BCUT2D eigenvalue weighted by Gasteiger charge is -2.29. The maximum Gasteiger partial charge on any atom is 0.258 e. The number of nitrogens with zero attached hydrogens (tertiary/aromatic N) is 1. The highest BCUT2D eigenvalue weighted by Gasteiger charge is 2.29. The van der Waals surface area contributed by atoms with Gasteiger partial charge in [-0.2, -0.15) is 4.31 Å². The zero-order valence-electron chi connectivity index (χ0n) is 15.1. The second-order valence-electron chi connectivity index (χ2n) is 6.47. The van der Waals surface area contributed by atoms with Crippen molar-refractivity contribution in [2.45, 2.75) is 23.8 Å². The maximum absolute atomic E-state index is 14.1. The van der Waals surface area contributed by atoms with E-state index in [4.69, 9.17) is 5.73 Å². The second-order valence-corrected chi connectivity index (χ2v) is 8.40. The first-order valence-electron chi connectivity index (χ1n) is 8.50. The lowest BCUT2D eigenvalue weighted by Crippen LogP contribution is -2.42. The number of rotatable bonds is 4. The van der Waals surface area contributed by atoms with E-state index in [2.05, 4.69) is 5.32 Å². The first-order valence-corrected chi connectivity index (χ1v) is 9.94. The van der Waals surface area contributed by atoms with Gasteiger partial charge < -0.3 is 11.1 Å². The van der Waals surface area contributed by atoms with E-state index in [1.807, 2.05) is 0 Å². The van der Waals surface area contributed by atoms with Gasteiger partial charge in [0.2, 0.25) is 10.0 Å². The topological polar surface area (TPSA) is 92.5 Å². The Morgan fingerprint density at radius 3 is 2.24 bits per heavy atom. The predicted molar refractivity (Wildman–Crippen MR) is 104 cm³/mol. The third kappa shape index (κ3) is 5.08. The van der Waals surface area contributed by atoms with Gasteiger partial charge in [0.25, 0.3) is 5.91 Å². The molecule has 6 nitrogen and oxygen atoms in total. The summed E-state index contributed by atoms with van der Waals surface area (Å²) >= 11 is 0. The lowest BCUT2D eigenvalue weighted by molar-refractivity contribution is 0.102. The zero-order valence-corrected chi connectivity index (χ0v) is 16.7. The van der Waals surface area contributed by atoms with Crippen molar-refractivity contribution in [3.63, 3.8) is 0 Å². The molecule has 2 aromatic rings. The normalized spacial score (nSPS) is 15.6. The SMILES string of the molecule is Cl.NC1CCN(S(=O)(=O)c2ccc(F)c(C(=O)Nc3ccc(F)c(F)c3)c2)CC1. The van der Waals surface area contributed by atoms with E-state index >= 15 is 0 Å². The number of hydrogen-bond donors (Lipinski definition) is 2. The Kier molecular flexibility index (Phi) is 7.28. The molecule has 11 heteroatoms. The molecule has 0 saturated carbocycles. The Labute approximate surface area is 172 Å². The average molecular weight is 450 g/mol. The van der Waals surface area contributed by atoms with Crippen LogP contribution in [0.4, 0.5) is 18.9 Å². The van der Waals surface area contributed by atoms with Crippen LogP contribution in [0, 0.1) is 17.5 Å². The fourth-order valence-corrected chi connectivity index (χ4v) is 4.37. The number of carbonyl (C=O) groups excluding carboxylic acids is 1. The van der Waals surface area contributed by atoms with Gasteiger partial charge >= 0.3 is 0 Å². The smallest absolute Gasteiger partial charge is 0.258 e. The molecule has 158 valence electrons. The molecule has 2 aromatic carbocycles. The number of piperidine rings is 1. The first kappa shape index (κ1) is 23.1. The molecule has 1 aliphatic rings. The number of sulfonamides is 1. The third-order valence-electron chi connectivity index (χ3n) is 4.50. The Balaban J connectivity index is 0.00000300. The standard InChI is InChI=1S/C18H18F3N3O3S.ClH/c19-15-4-2-13(28(26,27)24-7-5-11(22)6-8-24)10-14(15)18(25)23-12-1-3-16(20)17(21)9-12;/h1-4,9-11H,5-8,22H2,(H,23,25);1H. The molecule has 1 saturated heterocycles. The molecule has 3 rings (SSSR count). The van der Waals surface area contributed by atoms with E-state index in [0.717, 1.165) is 36.4 Å². The summed E-state index contributed by atoms with van der Waals surface area (Å²) < 4.78 is 67.1. The molecular formula is C18H19ClF3N3O3S. The number of carbonyl (C=O) groups is 1. The molecule has 1 amide bonds. The predicted octanol–water partition coefficient (Wildman–Crippen LogP) is 2.89. The van der Waals surface area contributed by atoms with E-state index in [9.17, 15) is 26.4 Å². The first-order chi connectivity index (χ1) is 13.2. The maximum atomic E-state index is 14.1. The van der Waals surface area contributed by atoms with Gasteiger partial charge in [0.15, 0.2) is 11.6 Å². The van der Waals surface area contributed by atoms with E-state index < -0.39 is 38.9 Å². The van der Waals surface area contributed by atoms with E-state index in [1.165, 1.54) is 4.31 Å². The number of nitrogens with two attached hydrogens (primary N) is 1. The van der Waals surface area contributed by atoms with Gasteiger partial charge in [-0.25, -0.2) is 21.6 Å². The van der Waals surface area contributed by atoms with Crippen molar-refractivity contribution >= 4 is 34.0 Å². The highest BCUT2D eigenvalue weighted by atomic mass is 35.5. The number of hydrogen-bond acceptors (Lipinski definition) is 4. The van der Waals surface area contributed by atoms with Crippen LogP contribution in [-0.2, 0) is 10.0 Å². The Morgan fingerprint density at radius 1 is 1.00 bits per heavy atom. The van der Waals surface area contributed by atoms with Crippen molar-refractivity contribution < 1.29 is 26.4 Å². The molecular weight excluding hydrogens is 431 g/mol. The zero-order chi connectivity index (χ0) is 20.5. The number of halogens is 4. The molecule has 29 heavy (non-hydrogen) atoms. The molecule has 0 unspecified atom stereocenters. The fourth-order valence-electron chi connectivity index (χ4n) is 2.88. The molecule has 0 radical (unpaired) electrons. The van der Waals surface area contributed by atoms with Gasteiger partial charge in [0.1, 0.15) is 5.82 Å². The van der Waals surface area contributed by atoms with Crippen molar-refractivity contribution in [1.82, 2.24) is 4.31 Å². The van der Waals surface area contributed by atoms with Gasteiger partial charge in [-0.15, -0.1) is 12.4 Å². The summed E-state index contributed by atoms with van der Waals surface area (Å²) in [6, 6.07) is 5.46. The third-order valence-corrected chi connectivity index (χ3v) is 6.39. The molecule has 1 fully saturated rings. The Hall–Kier alpha value is -2.14. The molecule has 0 spiro atoms. The summed E-state index contributed by atoms with van der Waals surface area (Å²) in [5.41, 5.74) is 5.16. The van der Waals surface area contributed by atoms with Crippen molar-refractivity contribution in [3.05, 3.63) is 59.4 Å². The number of nitrogens with one attached hydrogen (secondary N) is 1. The van der Waals surface area contributed by atoms with Crippen LogP contribution in [0.3, 0.4) is 0 Å². The van der Waals surface area contributed by atoms with Gasteiger partial charge in [0.05, 0.1) is 10.5 Å². The van der Waals surface area contributed by atoms with E-state index in [0.29, 0.717) is 12.8 Å². The van der Waals surface area contributed by atoms with Crippen LogP contribution in [-0.4, -0.2) is 37.8 Å². The number of anilines is 1. The van der Waals surface area contributed by atoms with Crippen LogP contribution in [0.25, 0.3) is 0 Å². The van der Waals surface area contributed by atoms with Crippen molar-refractivity contribution in [1.29, 1.82) is 0 Å². The van der Waals surface area contributed by atoms with Crippen molar-refractivity contribution in [2.24, 2.45) is 5.73 Å². The Morgan fingerprint density at radius 2 is 1.62 bits per heavy atom. The van der Waals surface area contributed by atoms with Crippen molar-refractivity contribution in [2.75, 3.05) is 18.4 Å². The minimum Gasteiger partial charge on any atom is -0.328 e. The van der Waals surface area contributed by atoms with Crippen LogP contribution < -0.4 is 11.1 Å². The second kappa shape index (κ2) is 9.12. The van der Waals surface area contributed by atoms with Crippen LogP contribution >= 0.6 is 12.4 Å². The van der Waals surface area contributed by atoms with E-state index in [1.54, 1.807) is 0 Å². The minimum absolute atomic E-state index is 0. The molecule has 0 atom stereocenters. The minimum atomic E-state index is -3.92. The van der Waals surface area contributed by atoms with Crippen LogP contribution in [0.2, 0.25) is 0 Å². The summed E-state index contributed by atoms with van der Waals surface area (Å²) in [7, 11) is -3.92. The lowest BCUT2D eigenvalue weighted by atomic mass is 10.1. The quantitative estimate of drug-likeness (QED) is 0.750. The highest BCUT2D eigenvalue weighted by molar-refractivity contribution is 7.89. The summed E-state index contributed by atoms with van der Waals surface area (Å²) in [6.45, 7) is 0.467. The number of amides is 1. The Bertz CT molecular complexity index is 1010. The van der Waals surface area contributed by atoms with Gasteiger partial charge in [0, 0.05) is 30.9 Å². The van der Waals surface area contributed by atoms with Gasteiger partial charge in [-0.05, 0) is 43.2 Å². The van der Waals surface area contributed by atoms with Gasteiger partial charge in [-0.1, -0.05) is 0 Å². The fraction of sp³-hybridized carbons (Fsp3) is 0.278. The van der Waals surface area contributed by atoms with Crippen LogP contribution in [0.15, 0.2) is 41.3 Å². The monoisotopic (exact) mass is 449 g/mol. The molecule has 3 N–H and O–H groups in total. The molecule has 1 heterocycles. The highest BCUT2D eigenvalue weighted by Crippen LogP contribution is 2.23. The molecule has 0 bridgehead atoms. The van der Waals surface area contributed by atoms with Crippen molar-refractivity contribution in [3.8, 4) is 0 Å². The average Bonchev–Trinajstić information content (AvgIpc) is 2.65. The number of benzene rings is 2.